The van der Waals surface area contributed by atoms with Crippen LogP contribution in [0.2, 0.25) is 0 Å². The number of unbranched alkanes of at least 4 members (excludes halogenated alkanes) is 2. The topological polar surface area (TPSA) is 182 Å². The fraction of sp³-hybridized carbons (Fsp3) is 0.488. The minimum atomic E-state index is -3.03. The van der Waals surface area contributed by atoms with Crippen LogP contribution in [0, 0.1) is 0 Å². The van der Waals surface area contributed by atoms with Gasteiger partial charge in [0, 0.05) is 81.7 Å². The molecular formula is C43H54N10O6S. The van der Waals surface area contributed by atoms with Gasteiger partial charge in [-0.3, -0.25) is 24.6 Å². The number of carbonyl (C=O) groups excluding carboxylic acids is 4. The van der Waals surface area contributed by atoms with Crippen molar-refractivity contribution in [2.45, 2.75) is 77.4 Å². The normalized spacial score (nSPS) is 19.6. The molecule has 5 amide bonds. The molecule has 6 heterocycles. The first kappa shape index (κ1) is 41.2. The third-order valence-corrected chi connectivity index (χ3v) is 13.8. The second kappa shape index (κ2) is 17.6. The van der Waals surface area contributed by atoms with Gasteiger partial charge in [0.05, 0.1) is 17.7 Å². The standard InChI is InChI=1S/C43H54N10O6S/c1-29(2)34-27-45-53-37(25-38(47-40(34)53)50-21-23-60(58,59)24-22-50)44-26-30-10-12-32(13-11-30)46-43(57)51-19-17-49(18-20-51)16-5-3-4-7-31-8-6-9-33-35(31)28-52(42(33)56)36-14-15-39(54)48-41(36)55/h6,8-13,25,27,29,36,44H,3-5,7,14-24,26,28H2,1-2H3,(H,46,57)(H,48,54,55). The third-order valence-electron chi connectivity index (χ3n) is 12.2. The molecule has 1 unspecified atom stereocenters. The summed E-state index contributed by atoms with van der Waals surface area (Å²) in [6.45, 7) is 9.84. The average molecular weight is 839 g/mol. The summed E-state index contributed by atoms with van der Waals surface area (Å²) >= 11 is 0. The fourth-order valence-corrected chi connectivity index (χ4v) is 9.79. The van der Waals surface area contributed by atoms with E-state index in [1.54, 1.807) is 9.42 Å². The predicted octanol–water partition coefficient (Wildman–Crippen LogP) is 4.02. The van der Waals surface area contributed by atoms with E-state index in [0.29, 0.717) is 51.3 Å². The largest absolute Gasteiger partial charge is 0.366 e. The Morgan fingerprint density at radius 1 is 0.950 bits per heavy atom. The van der Waals surface area contributed by atoms with Crippen molar-refractivity contribution in [3.8, 4) is 0 Å². The maximum atomic E-state index is 13.2. The molecule has 318 valence electrons. The van der Waals surface area contributed by atoms with Crippen LogP contribution < -0.4 is 20.9 Å². The summed E-state index contributed by atoms with van der Waals surface area (Å²) in [6.07, 6.45) is 6.39. The van der Waals surface area contributed by atoms with E-state index in [1.807, 2.05) is 58.5 Å². The number of benzene rings is 2. The van der Waals surface area contributed by atoms with Gasteiger partial charge < -0.3 is 25.3 Å². The van der Waals surface area contributed by atoms with Gasteiger partial charge >= 0.3 is 6.03 Å². The molecule has 8 rings (SSSR count). The lowest BCUT2D eigenvalue weighted by atomic mass is 9.98. The number of nitrogens with zero attached hydrogens (tertiary/aromatic N) is 7. The number of aryl methyl sites for hydroxylation is 1. The minimum Gasteiger partial charge on any atom is -0.366 e. The number of nitrogens with one attached hydrogen (secondary N) is 3. The van der Waals surface area contributed by atoms with Gasteiger partial charge in [-0.25, -0.2) is 18.2 Å². The number of rotatable bonds is 13. The zero-order valence-corrected chi connectivity index (χ0v) is 35.2. The molecule has 4 aromatic rings. The number of carbonyl (C=O) groups is 4. The molecular weight excluding hydrogens is 785 g/mol. The Hall–Kier alpha value is -5.55. The fourth-order valence-electron chi connectivity index (χ4n) is 8.59. The Balaban J connectivity index is 0.766. The van der Waals surface area contributed by atoms with Crippen LogP contribution in [0.25, 0.3) is 5.65 Å². The Bertz CT molecular complexity index is 2360. The highest BCUT2D eigenvalue weighted by Gasteiger charge is 2.39. The Labute approximate surface area is 350 Å². The molecule has 4 aliphatic heterocycles. The first-order valence-electron chi connectivity index (χ1n) is 21.1. The van der Waals surface area contributed by atoms with Gasteiger partial charge in [-0.05, 0) is 73.0 Å². The van der Waals surface area contributed by atoms with E-state index in [4.69, 9.17) is 4.98 Å². The lowest BCUT2D eigenvalue weighted by Crippen LogP contribution is -2.52. The number of hydrogen-bond acceptors (Lipinski definition) is 11. The number of aromatic nitrogens is 3. The number of piperidine rings is 1. The summed E-state index contributed by atoms with van der Waals surface area (Å²) in [4.78, 5) is 63.3. The van der Waals surface area contributed by atoms with Crippen molar-refractivity contribution in [3.05, 3.63) is 82.5 Å². The molecule has 1 atom stereocenters. The van der Waals surface area contributed by atoms with Crippen molar-refractivity contribution in [2.75, 3.05) is 72.9 Å². The summed E-state index contributed by atoms with van der Waals surface area (Å²) in [6, 6.07) is 14.8. The second-order valence-corrected chi connectivity index (χ2v) is 18.9. The van der Waals surface area contributed by atoms with Gasteiger partial charge in [-0.1, -0.05) is 44.5 Å². The number of hydrogen-bond donors (Lipinski definition) is 3. The van der Waals surface area contributed by atoms with Crippen LogP contribution >= 0.6 is 0 Å². The first-order chi connectivity index (χ1) is 28.9. The highest BCUT2D eigenvalue weighted by Crippen LogP contribution is 2.31. The SMILES string of the molecule is CC(C)c1cnn2c(NCc3ccc(NC(=O)N4CCN(CCCCCc5cccc6c5CN(C5CCC(=O)NC5=O)C6=O)CC4)cc3)cc(N3CCS(=O)(=O)CC3)nc12. The van der Waals surface area contributed by atoms with Gasteiger partial charge in [0.1, 0.15) is 17.7 Å². The maximum Gasteiger partial charge on any atom is 0.321 e. The Morgan fingerprint density at radius 3 is 2.45 bits per heavy atom. The van der Waals surface area contributed by atoms with Gasteiger partial charge in [0.15, 0.2) is 15.5 Å². The molecule has 60 heavy (non-hydrogen) atoms. The Kier molecular flexibility index (Phi) is 12.1. The molecule has 0 aliphatic carbocycles. The van der Waals surface area contributed by atoms with E-state index < -0.39 is 15.9 Å². The summed E-state index contributed by atoms with van der Waals surface area (Å²) in [5.74, 6) is 1.13. The second-order valence-electron chi connectivity index (χ2n) is 16.6. The molecule has 0 bridgehead atoms. The van der Waals surface area contributed by atoms with Crippen LogP contribution in [0.15, 0.2) is 54.7 Å². The van der Waals surface area contributed by atoms with Crippen molar-refractivity contribution in [3.63, 3.8) is 0 Å². The summed E-state index contributed by atoms with van der Waals surface area (Å²) in [5, 5.41) is 13.5. The molecule has 3 fully saturated rings. The highest BCUT2D eigenvalue weighted by molar-refractivity contribution is 7.91. The van der Waals surface area contributed by atoms with E-state index in [2.05, 4.69) is 45.9 Å². The van der Waals surface area contributed by atoms with Crippen molar-refractivity contribution in [2.24, 2.45) is 0 Å². The lowest BCUT2D eigenvalue weighted by molar-refractivity contribution is -0.136. The number of amides is 5. The summed E-state index contributed by atoms with van der Waals surface area (Å²) < 4.78 is 26.0. The number of sulfone groups is 1. The molecule has 2 aromatic carbocycles. The zero-order valence-electron chi connectivity index (χ0n) is 34.4. The van der Waals surface area contributed by atoms with Gasteiger partial charge in [-0.15, -0.1) is 0 Å². The quantitative estimate of drug-likeness (QED) is 0.131. The van der Waals surface area contributed by atoms with Crippen molar-refractivity contribution < 1.29 is 27.6 Å². The van der Waals surface area contributed by atoms with Gasteiger partial charge in [0.25, 0.3) is 5.91 Å². The number of imide groups is 1. The van der Waals surface area contributed by atoms with E-state index >= 15 is 0 Å². The number of piperazine rings is 1. The van der Waals surface area contributed by atoms with Crippen molar-refractivity contribution in [1.82, 2.24) is 34.6 Å². The smallest absolute Gasteiger partial charge is 0.321 e. The molecule has 3 saturated heterocycles. The molecule has 0 radical (unpaired) electrons. The van der Waals surface area contributed by atoms with Crippen molar-refractivity contribution >= 4 is 56.6 Å². The molecule has 16 nitrogen and oxygen atoms in total. The zero-order chi connectivity index (χ0) is 42.0. The van der Waals surface area contributed by atoms with Crippen LogP contribution in [-0.4, -0.2) is 125 Å². The predicted molar refractivity (Wildman–Crippen MR) is 229 cm³/mol. The van der Waals surface area contributed by atoms with E-state index in [-0.39, 0.29) is 47.6 Å². The van der Waals surface area contributed by atoms with Gasteiger partial charge in [0.2, 0.25) is 11.8 Å². The summed E-state index contributed by atoms with van der Waals surface area (Å²) in [7, 11) is -3.03. The molecule has 4 aliphatic rings. The average Bonchev–Trinajstić information content (AvgIpc) is 3.82. The van der Waals surface area contributed by atoms with Crippen LogP contribution in [0.3, 0.4) is 0 Å². The minimum absolute atomic E-state index is 0.109. The Morgan fingerprint density at radius 2 is 1.72 bits per heavy atom. The first-order valence-corrected chi connectivity index (χ1v) is 22.9. The van der Waals surface area contributed by atoms with Crippen LogP contribution in [0.4, 0.5) is 22.1 Å². The van der Waals surface area contributed by atoms with Crippen LogP contribution in [0.1, 0.15) is 84.5 Å². The van der Waals surface area contributed by atoms with Crippen molar-refractivity contribution in [1.29, 1.82) is 0 Å². The maximum absolute atomic E-state index is 13.2. The third kappa shape index (κ3) is 9.11. The lowest BCUT2D eigenvalue weighted by Gasteiger charge is -2.34. The van der Waals surface area contributed by atoms with Crippen LogP contribution in [-0.2, 0) is 38.9 Å². The van der Waals surface area contributed by atoms with E-state index in [1.165, 1.54) is 0 Å². The number of urea groups is 1. The summed E-state index contributed by atoms with van der Waals surface area (Å²) in [5.41, 5.74) is 6.33. The van der Waals surface area contributed by atoms with Gasteiger partial charge in [-0.2, -0.15) is 9.61 Å². The number of fused-ring (bicyclic) bond motifs is 2. The van der Waals surface area contributed by atoms with E-state index in [9.17, 15) is 27.6 Å². The highest BCUT2D eigenvalue weighted by atomic mass is 32.2. The molecule has 2 aromatic heterocycles. The molecule has 3 N–H and O–H groups in total. The van der Waals surface area contributed by atoms with E-state index in [0.717, 1.165) is 90.5 Å². The monoisotopic (exact) mass is 838 g/mol. The van der Waals surface area contributed by atoms with Crippen LogP contribution in [0.5, 0.6) is 0 Å². The molecule has 17 heteroatoms. The number of anilines is 3. The molecule has 0 saturated carbocycles. The molecule has 0 spiro atoms.